The van der Waals surface area contributed by atoms with Gasteiger partial charge in [-0.3, -0.25) is 0 Å². The number of carboxylic acids is 1. The fourth-order valence-electron chi connectivity index (χ4n) is 6.12. The maximum absolute atomic E-state index is 15.5. The van der Waals surface area contributed by atoms with Crippen molar-refractivity contribution in [2.24, 2.45) is 5.92 Å². The van der Waals surface area contributed by atoms with E-state index in [-0.39, 0.29) is 6.23 Å². The number of aliphatic carboxylic acids is 1. The van der Waals surface area contributed by atoms with Crippen molar-refractivity contribution in [3.8, 4) is 0 Å². The minimum atomic E-state index is -0.981. The van der Waals surface area contributed by atoms with Crippen LogP contribution in [0, 0.1) is 18.8 Å². The Labute approximate surface area is 250 Å². The summed E-state index contributed by atoms with van der Waals surface area (Å²) in [6.07, 6.45) is 10.9. The monoisotopic (exact) mass is 582 g/mol. The summed E-state index contributed by atoms with van der Waals surface area (Å²) < 4.78 is 23.1. The Hall–Kier alpha value is -3.68. The zero-order valence-corrected chi connectivity index (χ0v) is 24.8. The molecule has 216 valence electrons. The van der Waals surface area contributed by atoms with E-state index in [2.05, 4.69) is 42.5 Å². The van der Waals surface area contributed by atoms with Gasteiger partial charge in [-0.1, -0.05) is 42.8 Å². The minimum absolute atomic E-state index is 0.249. The van der Waals surface area contributed by atoms with Gasteiger partial charge in [0.1, 0.15) is 0 Å². The summed E-state index contributed by atoms with van der Waals surface area (Å²) in [5.41, 5.74) is 8.30. The number of hydrogen-bond donors (Lipinski definition) is 1. The molecule has 1 aliphatic carbocycles. The average molecular weight is 583 g/mol. The number of benzene rings is 3. The van der Waals surface area contributed by atoms with Crippen LogP contribution in [0.25, 0.3) is 28.1 Å². The highest BCUT2D eigenvalue weighted by Gasteiger charge is 2.29. The van der Waals surface area contributed by atoms with Crippen LogP contribution in [0.4, 0.5) is 4.39 Å². The van der Waals surface area contributed by atoms with Gasteiger partial charge < -0.3 is 9.84 Å². The van der Waals surface area contributed by atoms with E-state index in [0.717, 1.165) is 66.0 Å². The maximum Gasteiger partial charge on any atom is 0.328 e. The summed E-state index contributed by atoms with van der Waals surface area (Å²) >= 11 is 1.73. The fourth-order valence-corrected chi connectivity index (χ4v) is 6.62. The first kappa shape index (κ1) is 28.4. The van der Waals surface area contributed by atoms with Gasteiger partial charge in [-0.15, -0.1) is 16.9 Å². The number of aryl methyl sites for hydroxylation is 1. The molecule has 5 nitrogen and oxygen atoms in total. The maximum atomic E-state index is 15.5. The predicted octanol–water partition coefficient (Wildman–Crippen LogP) is 8.76. The van der Waals surface area contributed by atoms with Crippen LogP contribution < -0.4 is 0 Å². The molecule has 3 aromatic carbocycles. The standard InChI is InChI=1S/C35H35FN2O3S/c1-22-20-27(42-2)15-16-28(22)34(24-6-5-7-24)33(25-12-9-23(10-13-25)11-18-32(39)40)26-14-17-30-29(21-26)35(36)37-38(30)31-8-3-4-19-41-31/h9-18,20-21,24,31H,3-8,19H2,1-2H3,(H,39,40)/b18-11?,34-33+. The summed E-state index contributed by atoms with van der Waals surface area (Å²) in [6, 6.07) is 20.6. The number of rotatable bonds is 8. The average Bonchev–Trinajstić information content (AvgIpc) is 3.31. The molecule has 1 atom stereocenters. The largest absolute Gasteiger partial charge is 0.478 e. The number of halogens is 1. The summed E-state index contributed by atoms with van der Waals surface area (Å²) in [7, 11) is 0. The third-order valence-electron chi connectivity index (χ3n) is 8.50. The van der Waals surface area contributed by atoms with E-state index >= 15 is 4.39 Å². The smallest absolute Gasteiger partial charge is 0.328 e. The van der Waals surface area contributed by atoms with Gasteiger partial charge >= 0.3 is 5.97 Å². The van der Waals surface area contributed by atoms with Crippen molar-refractivity contribution in [2.75, 3.05) is 12.9 Å². The van der Waals surface area contributed by atoms with Gasteiger partial charge in [0.2, 0.25) is 5.95 Å². The van der Waals surface area contributed by atoms with Crippen LogP contribution in [0.3, 0.4) is 0 Å². The molecule has 2 heterocycles. The third kappa shape index (κ3) is 5.68. The molecule has 2 fully saturated rings. The van der Waals surface area contributed by atoms with Crippen molar-refractivity contribution in [2.45, 2.75) is 56.6 Å². The highest BCUT2D eigenvalue weighted by molar-refractivity contribution is 7.98. The number of allylic oxidation sites excluding steroid dienone is 1. The molecule has 1 saturated heterocycles. The Bertz CT molecular complexity index is 1680. The summed E-state index contributed by atoms with van der Waals surface area (Å²) in [5.74, 6) is -1.07. The van der Waals surface area contributed by atoms with Gasteiger partial charge in [0, 0.05) is 17.6 Å². The predicted molar refractivity (Wildman–Crippen MR) is 168 cm³/mol. The van der Waals surface area contributed by atoms with Crippen LogP contribution in [-0.2, 0) is 9.53 Å². The summed E-state index contributed by atoms with van der Waals surface area (Å²) in [4.78, 5) is 12.3. The number of carboxylic acid groups (broad SMARTS) is 1. The Morgan fingerprint density at radius 2 is 1.81 bits per heavy atom. The first-order chi connectivity index (χ1) is 20.4. The van der Waals surface area contributed by atoms with Gasteiger partial charge in [0.15, 0.2) is 6.23 Å². The van der Waals surface area contributed by atoms with Gasteiger partial charge in [0.05, 0.1) is 10.9 Å². The Morgan fingerprint density at radius 1 is 1.02 bits per heavy atom. The van der Waals surface area contributed by atoms with Crippen LogP contribution >= 0.6 is 11.8 Å². The molecule has 1 saturated carbocycles. The number of hydrogen-bond acceptors (Lipinski definition) is 4. The highest BCUT2D eigenvalue weighted by Crippen LogP contribution is 2.46. The first-order valence-electron chi connectivity index (χ1n) is 14.6. The molecule has 7 heteroatoms. The van der Waals surface area contributed by atoms with Crippen molar-refractivity contribution < 1.29 is 19.0 Å². The lowest BCUT2D eigenvalue weighted by atomic mass is 9.72. The molecular weight excluding hydrogens is 547 g/mol. The van der Waals surface area contributed by atoms with Crippen molar-refractivity contribution in [1.82, 2.24) is 9.78 Å². The van der Waals surface area contributed by atoms with Crippen LogP contribution in [0.1, 0.15) is 72.6 Å². The lowest BCUT2D eigenvalue weighted by Gasteiger charge is -2.32. The van der Waals surface area contributed by atoms with Crippen molar-refractivity contribution in [3.63, 3.8) is 0 Å². The number of fused-ring (bicyclic) bond motifs is 1. The van der Waals surface area contributed by atoms with Gasteiger partial charge in [-0.2, -0.15) is 4.39 Å². The molecule has 42 heavy (non-hydrogen) atoms. The molecule has 1 N–H and O–H groups in total. The molecule has 1 unspecified atom stereocenters. The number of aromatic nitrogens is 2. The molecule has 0 spiro atoms. The van der Waals surface area contributed by atoms with Gasteiger partial charge in [-0.05, 0) is 121 Å². The Morgan fingerprint density at radius 3 is 2.45 bits per heavy atom. The first-order valence-corrected chi connectivity index (χ1v) is 15.9. The van der Waals surface area contributed by atoms with Crippen LogP contribution in [0.2, 0.25) is 0 Å². The van der Waals surface area contributed by atoms with Crippen molar-refractivity contribution in [1.29, 1.82) is 0 Å². The zero-order chi connectivity index (χ0) is 29.2. The number of thioether (sulfide) groups is 1. The van der Waals surface area contributed by atoms with Gasteiger partial charge in [-0.25, -0.2) is 9.48 Å². The topological polar surface area (TPSA) is 64.3 Å². The van der Waals surface area contributed by atoms with E-state index in [0.29, 0.717) is 17.9 Å². The van der Waals surface area contributed by atoms with E-state index in [9.17, 15) is 4.79 Å². The highest BCUT2D eigenvalue weighted by atomic mass is 32.2. The van der Waals surface area contributed by atoms with E-state index in [1.54, 1.807) is 22.5 Å². The number of nitrogens with zero attached hydrogens (tertiary/aromatic N) is 2. The number of carbonyl (C=O) groups is 1. The Balaban J connectivity index is 1.55. The minimum Gasteiger partial charge on any atom is -0.478 e. The number of ether oxygens (including phenoxy) is 1. The zero-order valence-electron chi connectivity index (χ0n) is 24.0. The van der Waals surface area contributed by atoms with E-state index in [1.165, 1.54) is 28.0 Å². The van der Waals surface area contributed by atoms with E-state index in [1.807, 2.05) is 36.4 Å². The molecule has 4 aromatic rings. The van der Waals surface area contributed by atoms with Gasteiger partial charge in [0.25, 0.3) is 0 Å². The molecule has 2 aliphatic rings. The third-order valence-corrected chi connectivity index (χ3v) is 9.23. The summed E-state index contributed by atoms with van der Waals surface area (Å²) in [5, 5.41) is 13.8. The molecule has 6 rings (SSSR count). The van der Waals surface area contributed by atoms with Crippen molar-refractivity contribution in [3.05, 3.63) is 101 Å². The molecule has 1 aliphatic heterocycles. The lowest BCUT2D eigenvalue weighted by Crippen LogP contribution is -2.19. The molecule has 0 bridgehead atoms. The summed E-state index contributed by atoms with van der Waals surface area (Å²) in [6.45, 7) is 2.83. The van der Waals surface area contributed by atoms with Crippen LogP contribution in [0.15, 0.2) is 71.6 Å². The van der Waals surface area contributed by atoms with E-state index < -0.39 is 11.9 Å². The SMILES string of the molecule is CSc1ccc(/C(=C(\c2ccc(C=CC(=O)O)cc2)c2ccc3c(c2)c(F)nn3C2CCCCO2)C2CCC2)c(C)c1. The second kappa shape index (κ2) is 12.3. The normalized spacial score (nSPS) is 18.3. The molecule has 1 aromatic heterocycles. The second-order valence-electron chi connectivity index (χ2n) is 11.2. The molecule has 0 radical (unpaired) electrons. The fraction of sp³-hybridized carbons (Fsp3) is 0.314. The lowest BCUT2D eigenvalue weighted by molar-refractivity contribution is -0.131. The van der Waals surface area contributed by atoms with Crippen LogP contribution in [-0.4, -0.2) is 33.7 Å². The quantitative estimate of drug-likeness (QED) is 0.128. The van der Waals surface area contributed by atoms with Crippen LogP contribution in [0.5, 0.6) is 0 Å². The molecular formula is C35H35FN2O3S. The van der Waals surface area contributed by atoms with Crippen molar-refractivity contribution >= 4 is 45.9 Å². The second-order valence-corrected chi connectivity index (χ2v) is 12.1. The van der Waals surface area contributed by atoms with E-state index in [4.69, 9.17) is 9.84 Å². The Kier molecular flexibility index (Phi) is 8.31. The molecule has 0 amide bonds.